The molecule has 1 radical (unpaired) electrons. The average molecular weight is 231 g/mol. The Bertz CT molecular complexity index is 372. The molecule has 0 spiro atoms. The van der Waals surface area contributed by atoms with E-state index in [1.807, 2.05) is 42.4 Å². The maximum atomic E-state index is 5.63. The zero-order valence-corrected chi connectivity index (χ0v) is 10.1. The van der Waals surface area contributed by atoms with Gasteiger partial charge in [0.1, 0.15) is 6.67 Å². The Morgan fingerprint density at radius 1 is 1.18 bits per heavy atom. The molecule has 2 rings (SSSR count). The smallest absolute Gasteiger partial charge is 0.141 e. The molecule has 0 aromatic heterocycles. The third-order valence-electron chi connectivity index (χ3n) is 2.66. The molecule has 1 heterocycles. The first-order valence-electron chi connectivity index (χ1n) is 5.84. The molecule has 1 aromatic carbocycles. The second-order valence-corrected chi connectivity index (χ2v) is 4.22. The Morgan fingerprint density at radius 3 is 2.59 bits per heavy atom. The molecule has 0 unspecified atom stereocenters. The number of hydrogen-bond acceptors (Lipinski definition) is 4. The molecule has 4 heteroatoms. The van der Waals surface area contributed by atoms with Crippen LogP contribution in [0.4, 0.5) is 11.4 Å². The van der Waals surface area contributed by atoms with Crippen LogP contribution in [0.2, 0.25) is 0 Å². The van der Waals surface area contributed by atoms with Crippen molar-refractivity contribution < 1.29 is 0 Å². The highest BCUT2D eigenvalue weighted by atomic mass is 15.3. The summed E-state index contributed by atoms with van der Waals surface area (Å²) >= 11 is 0. The van der Waals surface area contributed by atoms with E-state index < -0.39 is 0 Å². The van der Waals surface area contributed by atoms with E-state index in [-0.39, 0.29) is 0 Å². The second kappa shape index (κ2) is 5.48. The van der Waals surface area contributed by atoms with Gasteiger partial charge >= 0.3 is 0 Å². The number of nitrogens with two attached hydrogens (primary N) is 1. The molecule has 0 bridgehead atoms. The van der Waals surface area contributed by atoms with Crippen molar-refractivity contribution in [1.29, 1.82) is 0 Å². The maximum absolute atomic E-state index is 5.63. The molecule has 0 amide bonds. The van der Waals surface area contributed by atoms with Crippen LogP contribution in [0.25, 0.3) is 0 Å². The fraction of sp³-hybridized carbons (Fsp3) is 0.308. The van der Waals surface area contributed by atoms with Crippen molar-refractivity contribution in [3.63, 3.8) is 0 Å². The van der Waals surface area contributed by atoms with Gasteiger partial charge in [-0.05, 0) is 30.7 Å². The van der Waals surface area contributed by atoms with Crippen molar-refractivity contribution in [1.82, 2.24) is 9.80 Å². The number of rotatable bonds is 5. The average Bonchev–Trinajstić information content (AvgIpc) is 2.73. The third kappa shape index (κ3) is 3.59. The van der Waals surface area contributed by atoms with Crippen LogP contribution < -0.4 is 11.1 Å². The number of anilines is 2. The third-order valence-corrected chi connectivity index (χ3v) is 2.66. The predicted molar refractivity (Wildman–Crippen MR) is 71.9 cm³/mol. The summed E-state index contributed by atoms with van der Waals surface area (Å²) in [7, 11) is 2.03. The lowest BCUT2D eigenvalue weighted by Gasteiger charge is -2.17. The fourth-order valence-electron chi connectivity index (χ4n) is 1.73. The molecule has 4 nitrogen and oxygen atoms in total. The Morgan fingerprint density at radius 2 is 1.94 bits per heavy atom. The highest BCUT2D eigenvalue weighted by molar-refractivity contribution is 5.51. The Hall–Kier alpha value is -1.84. The standard InChI is InChI=1S/C13H19N4/c1-16-9-10-17(11-16)8-2-7-15-13-5-3-12(14)4-6-13/h3-6,9-11,15H,2,7-8,14H2,1H3. The number of hydrogen-bond donors (Lipinski definition) is 2. The Balaban J connectivity index is 1.63. The van der Waals surface area contributed by atoms with Gasteiger partial charge in [-0.25, -0.2) is 0 Å². The zero-order valence-electron chi connectivity index (χ0n) is 10.1. The molecule has 0 atom stereocenters. The minimum absolute atomic E-state index is 0.801. The van der Waals surface area contributed by atoms with E-state index in [4.69, 9.17) is 5.73 Å². The summed E-state index contributed by atoms with van der Waals surface area (Å²) in [6.45, 7) is 4.08. The lowest BCUT2D eigenvalue weighted by molar-refractivity contribution is 0.377. The van der Waals surface area contributed by atoms with Crippen LogP contribution in [0.15, 0.2) is 36.7 Å². The number of nitrogens with zero attached hydrogens (tertiary/aromatic N) is 2. The van der Waals surface area contributed by atoms with Crippen LogP contribution >= 0.6 is 0 Å². The second-order valence-electron chi connectivity index (χ2n) is 4.22. The minimum atomic E-state index is 0.801. The molecule has 0 fully saturated rings. The van der Waals surface area contributed by atoms with E-state index in [1.54, 1.807) is 0 Å². The van der Waals surface area contributed by atoms with Crippen molar-refractivity contribution in [2.75, 3.05) is 31.2 Å². The van der Waals surface area contributed by atoms with Crippen LogP contribution in [-0.2, 0) is 0 Å². The van der Waals surface area contributed by atoms with Gasteiger partial charge in [0.05, 0.1) is 0 Å². The van der Waals surface area contributed by atoms with E-state index >= 15 is 0 Å². The molecule has 0 saturated carbocycles. The molecule has 3 N–H and O–H groups in total. The topological polar surface area (TPSA) is 44.5 Å². The van der Waals surface area contributed by atoms with Crippen molar-refractivity contribution in [2.24, 2.45) is 0 Å². The van der Waals surface area contributed by atoms with Gasteiger partial charge in [-0.3, -0.25) is 0 Å². The summed E-state index contributed by atoms with van der Waals surface area (Å²) in [5.41, 5.74) is 7.55. The molecule has 17 heavy (non-hydrogen) atoms. The normalized spacial score (nSPS) is 14.4. The number of benzene rings is 1. The quantitative estimate of drug-likeness (QED) is 0.600. The zero-order chi connectivity index (χ0) is 12.1. The van der Waals surface area contributed by atoms with Crippen molar-refractivity contribution in [2.45, 2.75) is 6.42 Å². The molecule has 1 aromatic rings. The van der Waals surface area contributed by atoms with Crippen molar-refractivity contribution in [3.05, 3.63) is 43.3 Å². The first-order valence-corrected chi connectivity index (χ1v) is 5.84. The largest absolute Gasteiger partial charge is 0.399 e. The number of nitrogen functional groups attached to an aromatic ring is 1. The molecule has 0 saturated heterocycles. The van der Waals surface area contributed by atoms with Gasteiger partial charge in [0, 0.05) is 43.9 Å². The van der Waals surface area contributed by atoms with Gasteiger partial charge in [0.15, 0.2) is 0 Å². The minimum Gasteiger partial charge on any atom is -0.399 e. The first kappa shape index (κ1) is 11.6. The lowest BCUT2D eigenvalue weighted by Crippen LogP contribution is -2.19. The summed E-state index contributed by atoms with van der Waals surface area (Å²) in [6.07, 6.45) is 5.23. The van der Waals surface area contributed by atoms with E-state index in [2.05, 4.69) is 23.1 Å². The summed E-state index contributed by atoms with van der Waals surface area (Å²) in [6, 6.07) is 7.83. The SMILES string of the molecule is CN1[CH]N(CCCNc2ccc(N)cc2)C=C1. The summed E-state index contributed by atoms with van der Waals surface area (Å²) in [5, 5.41) is 3.37. The molecule has 1 aliphatic rings. The van der Waals surface area contributed by atoms with Gasteiger partial charge < -0.3 is 20.9 Å². The Kier molecular flexibility index (Phi) is 3.75. The first-order chi connectivity index (χ1) is 8.24. The molecular formula is C13H19N4. The monoisotopic (exact) mass is 231 g/mol. The van der Waals surface area contributed by atoms with E-state index in [0.717, 1.165) is 30.9 Å². The summed E-state index contributed by atoms with van der Waals surface area (Å²) in [4.78, 5) is 4.23. The van der Waals surface area contributed by atoms with Gasteiger partial charge in [0.2, 0.25) is 0 Å². The van der Waals surface area contributed by atoms with Crippen LogP contribution in [0.3, 0.4) is 0 Å². The summed E-state index contributed by atoms with van der Waals surface area (Å²) in [5.74, 6) is 0. The van der Waals surface area contributed by atoms with Gasteiger partial charge in [-0.1, -0.05) is 0 Å². The lowest BCUT2D eigenvalue weighted by atomic mass is 10.3. The predicted octanol–water partition coefficient (Wildman–Crippen LogP) is 1.91. The van der Waals surface area contributed by atoms with Crippen LogP contribution in [-0.4, -0.2) is 29.9 Å². The number of nitrogens with one attached hydrogen (secondary N) is 1. The van der Waals surface area contributed by atoms with Crippen molar-refractivity contribution in [3.8, 4) is 0 Å². The molecule has 91 valence electrons. The van der Waals surface area contributed by atoms with Gasteiger partial charge in [-0.15, -0.1) is 0 Å². The Labute approximate surface area is 103 Å². The van der Waals surface area contributed by atoms with Crippen LogP contribution in [0.1, 0.15) is 6.42 Å². The maximum Gasteiger partial charge on any atom is 0.141 e. The van der Waals surface area contributed by atoms with Crippen molar-refractivity contribution >= 4 is 11.4 Å². The van der Waals surface area contributed by atoms with Gasteiger partial charge in [-0.2, -0.15) is 0 Å². The highest BCUT2D eigenvalue weighted by Crippen LogP contribution is 2.11. The van der Waals surface area contributed by atoms with Crippen LogP contribution in [0.5, 0.6) is 0 Å². The van der Waals surface area contributed by atoms with E-state index in [0.29, 0.717) is 0 Å². The van der Waals surface area contributed by atoms with E-state index in [9.17, 15) is 0 Å². The fourth-order valence-corrected chi connectivity index (χ4v) is 1.73. The molecular weight excluding hydrogens is 212 g/mol. The van der Waals surface area contributed by atoms with Crippen LogP contribution in [0, 0.1) is 6.67 Å². The van der Waals surface area contributed by atoms with E-state index in [1.165, 1.54) is 0 Å². The van der Waals surface area contributed by atoms with Gasteiger partial charge in [0.25, 0.3) is 0 Å². The summed E-state index contributed by atoms with van der Waals surface area (Å²) < 4.78 is 0. The highest BCUT2D eigenvalue weighted by Gasteiger charge is 2.07. The molecule has 1 aliphatic heterocycles. The molecule has 0 aliphatic carbocycles.